The Hall–Kier alpha value is -3.31. The van der Waals surface area contributed by atoms with E-state index in [-0.39, 0.29) is 12.0 Å². The van der Waals surface area contributed by atoms with E-state index in [1.54, 1.807) is 0 Å². The molecule has 3 aromatic carbocycles. The van der Waals surface area contributed by atoms with E-state index < -0.39 is 6.09 Å². The van der Waals surface area contributed by atoms with Crippen molar-refractivity contribution in [2.75, 3.05) is 29.9 Å². The number of aliphatic hydroxyl groups is 1. The van der Waals surface area contributed by atoms with Crippen LogP contribution in [0, 0.1) is 0 Å². The van der Waals surface area contributed by atoms with Crippen molar-refractivity contribution < 1.29 is 14.6 Å². The van der Waals surface area contributed by atoms with Crippen molar-refractivity contribution in [2.45, 2.75) is 18.4 Å². The average Bonchev–Trinajstić information content (AvgIpc) is 3.34. The van der Waals surface area contributed by atoms with E-state index >= 15 is 0 Å². The van der Waals surface area contributed by atoms with Crippen molar-refractivity contribution in [2.24, 2.45) is 0 Å². The molecule has 1 atom stereocenters. The van der Waals surface area contributed by atoms with Gasteiger partial charge in [-0.05, 0) is 52.9 Å². The van der Waals surface area contributed by atoms with Crippen molar-refractivity contribution in [1.29, 1.82) is 0 Å². The van der Waals surface area contributed by atoms with Crippen molar-refractivity contribution >= 4 is 17.5 Å². The number of nitrogens with one attached hydrogen (secondary N) is 1. The van der Waals surface area contributed by atoms with Crippen LogP contribution < -0.4 is 10.2 Å². The number of carbonyl (C=O) groups is 1. The number of β-amino-alcohol motifs (C(OH)–C–C–N with tert-alkyl or cyclic N) is 1. The van der Waals surface area contributed by atoms with Crippen molar-refractivity contribution in [3.8, 4) is 11.1 Å². The number of rotatable bonds is 4. The molecule has 2 N–H and O–H groups in total. The first-order valence-corrected chi connectivity index (χ1v) is 10.3. The van der Waals surface area contributed by atoms with Gasteiger partial charge in [0.1, 0.15) is 6.61 Å². The van der Waals surface area contributed by atoms with Gasteiger partial charge >= 0.3 is 6.09 Å². The quantitative estimate of drug-likeness (QED) is 0.671. The topological polar surface area (TPSA) is 61.8 Å². The summed E-state index contributed by atoms with van der Waals surface area (Å²) in [6, 6.07) is 24.2. The molecule has 1 amide bonds. The predicted octanol–water partition coefficient (Wildman–Crippen LogP) is 4.62. The molecule has 5 nitrogen and oxygen atoms in total. The fourth-order valence-electron chi connectivity index (χ4n) is 4.48. The Balaban J connectivity index is 1.23. The summed E-state index contributed by atoms with van der Waals surface area (Å²) < 4.78 is 5.59. The monoisotopic (exact) mass is 400 g/mol. The lowest BCUT2D eigenvalue weighted by Gasteiger charge is -2.18. The molecular weight excluding hydrogens is 376 g/mol. The minimum absolute atomic E-state index is 0.0483. The highest BCUT2D eigenvalue weighted by Crippen LogP contribution is 2.44. The number of nitrogens with zero attached hydrogens (tertiary/aromatic N) is 1. The molecule has 3 aromatic rings. The molecule has 5 heteroatoms. The SMILES string of the molecule is O=C(Nc1ccc(N2CC[C@@H](O)C2)cc1)OCC1c2ccccc2-c2ccccc21. The van der Waals surface area contributed by atoms with E-state index in [1.165, 1.54) is 22.3 Å². The van der Waals surface area contributed by atoms with Gasteiger partial charge in [-0.3, -0.25) is 5.32 Å². The first kappa shape index (κ1) is 18.7. The summed E-state index contributed by atoms with van der Waals surface area (Å²) in [5, 5.41) is 12.5. The molecule has 0 radical (unpaired) electrons. The molecule has 152 valence electrons. The predicted molar refractivity (Wildman–Crippen MR) is 118 cm³/mol. The van der Waals surface area contributed by atoms with Gasteiger partial charge in [-0.2, -0.15) is 0 Å². The maximum atomic E-state index is 12.4. The Morgan fingerprint density at radius 1 is 0.967 bits per heavy atom. The van der Waals surface area contributed by atoms with Crippen molar-refractivity contribution in [1.82, 2.24) is 0 Å². The molecule has 0 spiro atoms. The second-order valence-corrected chi connectivity index (χ2v) is 7.89. The zero-order chi connectivity index (χ0) is 20.5. The lowest BCUT2D eigenvalue weighted by Crippen LogP contribution is -2.21. The maximum absolute atomic E-state index is 12.4. The number of hydrogen-bond donors (Lipinski definition) is 2. The zero-order valence-electron chi connectivity index (χ0n) is 16.6. The van der Waals surface area contributed by atoms with Gasteiger partial charge < -0.3 is 14.7 Å². The molecule has 2 aliphatic rings. The standard InChI is InChI=1S/C25H24N2O3/c28-19-13-14-27(15-19)18-11-9-17(10-12-18)26-25(29)30-16-24-22-7-3-1-5-20(22)21-6-2-4-8-23(21)24/h1-12,19,24,28H,13-16H2,(H,26,29)/t19-/m1/s1. The van der Waals surface area contributed by atoms with Gasteiger partial charge in [0.2, 0.25) is 0 Å². The molecule has 1 fully saturated rings. The molecule has 1 heterocycles. The third-order valence-corrected chi connectivity index (χ3v) is 5.99. The van der Waals surface area contributed by atoms with E-state index in [0.29, 0.717) is 18.8 Å². The van der Waals surface area contributed by atoms with Gasteiger partial charge in [0.15, 0.2) is 0 Å². The number of aliphatic hydroxyl groups excluding tert-OH is 1. The molecule has 1 aliphatic carbocycles. The number of amides is 1. The minimum atomic E-state index is -0.457. The summed E-state index contributed by atoms with van der Waals surface area (Å²) in [5.74, 6) is 0.0483. The van der Waals surface area contributed by atoms with Crippen molar-refractivity contribution in [3.05, 3.63) is 83.9 Å². The van der Waals surface area contributed by atoms with E-state index in [0.717, 1.165) is 18.7 Å². The maximum Gasteiger partial charge on any atom is 0.411 e. The van der Waals surface area contributed by atoms with Crippen LogP contribution in [0.25, 0.3) is 11.1 Å². The Labute approximate surface area is 175 Å². The summed E-state index contributed by atoms with van der Waals surface area (Å²) in [5.41, 5.74) is 6.56. The largest absolute Gasteiger partial charge is 0.448 e. The van der Waals surface area contributed by atoms with Crippen LogP contribution in [0.1, 0.15) is 23.5 Å². The summed E-state index contributed by atoms with van der Waals surface area (Å²) in [7, 11) is 0. The van der Waals surface area contributed by atoms with Crippen LogP contribution in [-0.4, -0.2) is 37.0 Å². The third-order valence-electron chi connectivity index (χ3n) is 5.99. The Kier molecular flexibility index (Phi) is 4.89. The van der Waals surface area contributed by atoms with Crippen LogP contribution in [-0.2, 0) is 4.74 Å². The van der Waals surface area contributed by atoms with Crippen LogP contribution in [0.3, 0.4) is 0 Å². The van der Waals surface area contributed by atoms with Gasteiger partial charge in [-0.15, -0.1) is 0 Å². The molecule has 5 rings (SSSR count). The van der Waals surface area contributed by atoms with Gasteiger partial charge in [0, 0.05) is 30.4 Å². The van der Waals surface area contributed by atoms with E-state index in [1.807, 2.05) is 48.5 Å². The lowest BCUT2D eigenvalue weighted by atomic mass is 9.98. The normalized spacial score (nSPS) is 17.5. The molecule has 0 saturated carbocycles. The summed E-state index contributed by atoms with van der Waals surface area (Å²) in [4.78, 5) is 14.5. The van der Waals surface area contributed by atoms with Crippen LogP contribution in [0.15, 0.2) is 72.8 Å². The van der Waals surface area contributed by atoms with E-state index in [9.17, 15) is 9.90 Å². The Bertz CT molecular complexity index is 1020. The number of anilines is 2. The van der Waals surface area contributed by atoms with Gasteiger partial charge in [0.05, 0.1) is 6.10 Å². The Morgan fingerprint density at radius 3 is 2.20 bits per heavy atom. The third kappa shape index (κ3) is 3.53. The molecule has 0 unspecified atom stereocenters. The van der Waals surface area contributed by atoms with Crippen molar-refractivity contribution in [3.63, 3.8) is 0 Å². The van der Waals surface area contributed by atoms with Crippen LogP contribution >= 0.6 is 0 Å². The highest BCUT2D eigenvalue weighted by Gasteiger charge is 2.29. The van der Waals surface area contributed by atoms with Gasteiger partial charge in [-0.1, -0.05) is 48.5 Å². The average molecular weight is 400 g/mol. The highest BCUT2D eigenvalue weighted by atomic mass is 16.5. The minimum Gasteiger partial charge on any atom is -0.448 e. The number of hydrogen-bond acceptors (Lipinski definition) is 4. The fourth-order valence-corrected chi connectivity index (χ4v) is 4.48. The number of benzene rings is 3. The number of carbonyl (C=O) groups excluding carboxylic acids is 1. The number of fused-ring (bicyclic) bond motifs is 3. The molecule has 0 aromatic heterocycles. The van der Waals surface area contributed by atoms with Gasteiger partial charge in [0.25, 0.3) is 0 Å². The zero-order valence-corrected chi connectivity index (χ0v) is 16.6. The number of ether oxygens (including phenoxy) is 1. The molecule has 1 aliphatic heterocycles. The second-order valence-electron chi connectivity index (χ2n) is 7.89. The fraction of sp³-hybridized carbons (Fsp3) is 0.240. The highest BCUT2D eigenvalue weighted by molar-refractivity contribution is 5.85. The van der Waals surface area contributed by atoms with Gasteiger partial charge in [-0.25, -0.2) is 4.79 Å². The first-order valence-electron chi connectivity index (χ1n) is 10.3. The van der Waals surface area contributed by atoms with Crippen LogP contribution in [0.2, 0.25) is 0 Å². The molecular formula is C25H24N2O3. The molecule has 0 bridgehead atoms. The van der Waals surface area contributed by atoms with E-state index in [2.05, 4.69) is 34.5 Å². The summed E-state index contributed by atoms with van der Waals surface area (Å²) in [6.07, 6.45) is 0.0737. The molecule has 1 saturated heterocycles. The van der Waals surface area contributed by atoms with E-state index in [4.69, 9.17) is 4.74 Å². The van der Waals surface area contributed by atoms with Crippen LogP contribution in [0.4, 0.5) is 16.2 Å². The Morgan fingerprint density at radius 2 is 1.60 bits per heavy atom. The first-order chi connectivity index (χ1) is 14.7. The summed E-state index contributed by atoms with van der Waals surface area (Å²) >= 11 is 0. The van der Waals surface area contributed by atoms with Crippen LogP contribution in [0.5, 0.6) is 0 Å². The summed E-state index contributed by atoms with van der Waals surface area (Å²) in [6.45, 7) is 1.79. The molecule has 30 heavy (non-hydrogen) atoms. The lowest BCUT2D eigenvalue weighted by molar-refractivity contribution is 0.158. The smallest absolute Gasteiger partial charge is 0.411 e. The second kappa shape index (κ2) is 7.84.